The largest absolute Gasteiger partial charge is 0.490 e. The van der Waals surface area contributed by atoms with Gasteiger partial charge in [0.05, 0.1) is 17.3 Å². The van der Waals surface area contributed by atoms with Crippen molar-refractivity contribution in [1.82, 2.24) is 15.3 Å². The number of hydrogen-bond acceptors (Lipinski definition) is 13. The van der Waals surface area contributed by atoms with E-state index in [0.29, 0.717) is 45.6 Å². The molecule has 50 heavy (non-hydrogen) atoms. The summed E-state index contributed by atoms with van der Waals surface area (Å²) in [6, 6.07) is 17.7. The van der Waals surface area contributed by atoms with Crippen molar-refractivity contribution < 1.29 is 19.1 Å². The average Bonchev–Trinajstić information content (AvgIpc) is 3.57. The number of rotatable bonds is 16. The number of nitrogens with zero attached hydrogens (tertiary/aromatic N) is 4. The normalized spacial score (nSPS) is 10.8. The second-order valence-corrected chi connectivity index (χ2v) is 12.6. The van der Waals surface area contributed by atoms with Crippen LogP contribution >= 0.6 is 59.5 Å². The molecule has 4 rings (SSSR count). The van der Waals surface area contributed by atoms with Gasteiger partial charge in [-0.2, -0.15) is 10.5 Å². The Hall–Kier alpha value is -4.12. The number of aromatic nitrogens is 2. The zero-order valence-electron chi connectivity index (χ0n) is 26.6. The van der Waals surface area contributed by atoms with E-state index in [0.717, 1.165) is 29.1 Å². The van der Waals surface area contributed by atoms with Crippen LogP contribution in [-0.2, 0) is 20.1 Å². The number of ether oxygens (including phenoxy) is 2. The lowest BCUT2D eigenvalue weighted by molar-refractivity contribution is -0.144. The Morgan fingerprint density at radius 2 is 1.66 bits per heavy atom. The van der Waals surface area contributed by atoms with E-state index in [4.69, 9.17) is 43.3 Å². The number of nitrogen functional groups attached to an aromatic ring is 1. The number of nitriles is 2. The number of unbranched alkanes of at least 4 members (excludes halogenated alkanes) is 1. The van der Waals surface area contributed by atoms with Crippen LogP contribution in [0.1, 0.15) is 36.1 Å². The van der Waals surface area contributed by atoms with Gasteiger partial charge < -0.3 is 32.0 Å². The SMILES string of the molecule is Cl.Cl.N#Cc1c(N)nc(SCc2csc(-c3ccc(Cl)cc3)n2)c(C#N)c1-c1ccc(OCCOC(=O)CNC(=O)[C@@H](N)CCCCN)cc1. The molecule has 0 aliphatic rings. The second kappa shape index (κ2) is 21.2. The van der Waals surface area contributed by atoms with E-state index in [2.05, 4.69) is 22.4 Å². The maximum Gasteiger partial charge on any atom is 0.325 e. The van der Waals surface area contributed by atoms with Crippen molar-refractivity contribution in [1.29, 1.82) is 10.5 Å². The van der Waals surface area contributed by atoms with Gasteiger partial charge >= 0.3 is 5.97 Å². The lowest BCUT2D eigenvalue weighted by Crippen LogP contribution is -2.43. The summed E-state index contributed by atoms with van der Waals surface area (Å²) in [6.07, 6.45) is 1.98. The minimum Gasteiger partial charge on any atom is -0.490 e. The van der Waals surface area contributed by atoms with Gasteiger partial charge in [-0.25, -0.2) is 9.97 Å². The second-order valence-electron chi connectivity index (χ2n) is 10.3. The molecule has 2 aromatic heterocycles. The first-order valence-corrected chi connectivity index (χ1v) is 17.1. The highest BCUT2D eigenvalue weighted by Gasteiger charge is 2.21. The summed E-state index contributed by atoms with van der Waals surface area (Å²) in [6.45, 7) is 0.242. The molecule has 2 heterocycles. The van der Waals surface area contributed by atoms with E-state index in [-0.39, 0.29) is 61.5 Å². The van der Waals surface area contributed by atoms with Gasteiger partial charge in [-0.15, -0.1) is 36.2 Å². The standard InChI is InChI=1S/C33H33ClN8O4S2.2ClH/c34-22-8-4-21(5-9-22)32-41-23(18-47-32)19-48-33-26(16-37)29(25(15-36)30(39)42-33)20-6-10-24(11-7-20)45-13-14-46-28(43)17-40-31(44)27(38)3-1-2-12-35;;/h4-11,18,27H,1-3,12-14,17,19,35,38H2,(H2,39,42)(H,40,44);2*1H/t27-;;/m0../s1. The molecule has 264 valence electrons. The monoisotopic (exact) mass is 776 g/mol. The lowest BCUT2D eigenvalue weighted by atomic mass is 9.97. The number of anilines is 1. The molecule has 1 atom stereocenters. The summed E-state index contributed by atoms with van der Waals surface area (Å²) in [7, 11) is 0. The summed E-state index contributed by atoms with van der Waals surface area (Å²) >= 11 is 8.81. The van der Waals surface area contributed by atoms with E-state index in [1.807, 2.05) is 29.6 Å². The summed E-state index contributed by atoms with van der Waals surface area (Å²) in [5.41, 5.74) is 20.5. The molecular formula is C33H35Cl3N8O4S2. The fraction of sp³-hybridized carbons (Fsp3) is 0.273. The molecule has 0 spiro atoms. The van der Waals surface area contributed by atoms with E-state index < -0.39 is 17.9 Å². The number of benzene rings is 2. The number of halogens is 3. The number of esters is 1. The maximum atomic E-state index is 12.0. The zero-order chi connectivity index (χ0) is 34.5. The highest BCUT2D eigenvalue weighted by Crippen LogP contribution is 2.37. The van der Waals surface area contributed by atoms with Crippen LogP contribution in [0.25, 0.3) is 21.7 Å². The molecular weight excluding hydrogens is 743 g/mol. The Morgan fingerprint density at radius 1 is 0.980 bits per heavy atom. The van der Waals surface area contributed by atoms with Crippen LogP contribution < -0.4 is 27.3 Å². The fourth-order valence-corrected chi connectivity index (χ4v) is 6.39. The molecule has 0 aliphatic carbocycles. The van der Waals surface area contributed by atoms with Crippen molar-refractivity contribution in [3.8, 4) is 39.6 Å². The third kappa shape index (κ3) is 11.7. The Kier molecular flexibility index (Phi) is 17.8. The summed E-state index contributed by atoms with van der Waals surface area (Å²) in [5.74, 6) is -0.126. The van der Waals surface area contributed by atoms with Gasteiger partial charge in [0.25, 0.3) is 0 Å². The predicted molar refractivity (Wildman–Crippen MR) is 200 cm³/mol. The van der Waals surface area contributed by atoms with Crippen molar-refractivity contribution in [2.24, 2.45) is 11.5 Å². The van der Waals surface area contributed by atoms with Crippen LogP contribution in [0.4, 0.5) is 5.82 Å². The smallest absolute Gasteiger partial charge is 0.325 e. The highest BCUT2D eigenvalue weighted by molar-refractivity contribution is 7.98. The number of carbonyl (C=O) groups excluding carboxylic acids is 2. The predicted octanol–water partition coefficient (Wildman–Crippen LogP) is 5.48. The molecule has 4 aromatic rings. The van der Waals surface area contributed by atoms with Crippen molar-refractivity contribution in [3.63, 3.8) is 0 Å². The lowest BCUT2D eigenvalue weighted by Gasteiger charge is -2.14. The Morgan fingerprint density at radius 3 is 2.32 bits per heavy atom. The molecule has 1 amide bonds. The first-order chi connectivity index (χ1) is 23.2. The van der Waals surface area contributed by atoms with E-state index in [1.54, 1.807) is 24.3 Å². The van der Waals surface area contributed by atoms with Gasteiger partial charge in [0, 0.05) is 27.3 Å². The highest BCUT2D eigenvalue weighted by atomic mass is 35.5. The first kappa shape index (κ1) is 42.0. The Labute approximate surface area is 315 Å². The maximum absolute atomic E-state index is 12.0. The number of pyridine rings is 1. The van der Waals surface area contributed by atoms with Crippen molar-refractivity contribution in [2.75, 3.05) is 32.0 Å². The number of amides is 1. The van der Waals surface area contributed by atoms with Gasteiger partial charge in [0.1, 0.15) is 59.1 Å². The molecule has 0 fully saturated rings. The number of nitrogens with two attached hydrogens (primary N) is 3. The number of thioether (sulfide) groups is 1. The number of carbonyl (C=O) groups is 2. The number of hydrogen-bond donors (Lipinski definition) is 4. The van der Waals surface area contributed by atoms with Crippen LogP contribution in [0.3, 0.4) is 0 Å². The molecule has 7 N–H and O–H groups in total. The van der Waals surface area contributed by atoms with Gasteiger partial charge in [-0.1, -0.05) is 54.0 Å². The third-order valence-corrected chi connectivity index (χ3v) is 9.09. The molecule has 17 heteroatoms. The summed E-state index contributed by atoms with van der Waals surface area (Å²) in [5, 5.41) is 26.3. The molecule has 0 saturated carbocycles. The number of nitrogens with one attached hydrogen (secondary N) is 1. The molecule has 0 aliphatic heterocycles. The summed E-state index contributed by atoms with van der Waals surface area (Å²) in [4.78, 5) is 33.1. The average molecular weight is 778 g/mol. The zero-order valence-corrected chi connectivity index (χ0v) is 30.6. The molecule has 2 aromatic carbocycles. The van der Waals surface area contributed by atoms with Crippen LogP contribution in [-0.4, -0.2) is 54.2 Å². The minimum absolute atomic E-state index is 0. The van der Waals surface area contributed by atoms with Gasteiger partial charge in [0.2, 0.25) is 5.91 Å². The van der Waals surface area contributed by atoms with Crippen LogP contribution in [0.5, 0.6) is 5.75 Å². The van der Waals surface area contributed by atoms with Gasteiger partial charge in [-0.05, 0) is 49.2 Å². The van der Waals surface area contributed by atoms with Crippen molar-refractivity contribution in [2.45, 2.75) is 36.1 Å². The fourth-order valence-electron chi connectivity index (χ4n) is 4.45. The molecule has 12 nitrogen and oxygen atoms in total. The molecule has 0 radical (unpaired) electrons. The van der Waals surface area contributed by atoms with Crippen LogP contribution in [0.2, 0.25) is 5.02 Å². The molecule has 0 unspecified atom stereocenters. The van der Waals surface area contributed by atoms with Crippen LogP contribution in [0, 0.1) is 22.7 Å². The first-order valence-electron chi connectivity index (χ1n) is 14.8. The topological polar surface area (TPSA) is 216 Å². The van der Waals surface area contributed by atoms with Gasteiger partial charge in [0.15, 0.2) is 0 Å². The summed E-state index contributed by atoms with van der Waals surface area (Å²) < 4.78 is 10.8. The Bertz CT molecular complexity index is 1810. The third-order valence-electron chi connectivity index (χ3n) is 6.89. The quantitative estimate of drug-likeness (QED) is 0.0632. The van der Waals surface area contributed by atoms with Crippen molar-refractivity contribution >= 4 is 77.2 Å². The number of thiazole rings is 1. The molecule has 0 saturated heterocycles. The minimum atomic E-state index is -0.712. The Balaban J connectivity index is 0.00000433. The van der Waals surface area contributed by atoms with E-state index in [1.165, 1.54) is 23.1 Å². The van der Waals surface area contributed by atoms with E-state index >= 15 is 0 Å². The van der Waals surface area contributed by atoms with Crippen molar-refractivity contribution in [3.05, 3.63) is 75.8 Å². The van der Waals surface area contributed by atoms with E-state index in [9.17, 15) is 20.1 Å². The van der Waals surface area contributed by atoms with Crippen LogP contribution in [0.15, 0.2) is 58.9 Å². The molecule has 0 bridgehead atoms. The van der Waals surface area contributed by atoms with Gasteiger partial charge in [-0.3, -0.25) is 9.59 Å².